The molecule has 1 heterocycles. The van der Waals surface area contributed by atoms with Crippen LogP contribution in [0.4, 0.5) is 0 Å². The molecule has 0 radical (unpaired) electrons. The van der Waals surface area contributed by atoms with Gasteiger partial charge >= 0.3 is 11.6 Å². The Morgan fingerprint density at radius 2 is 1.88 bits per heavy atom. The highest BCUT2D eigenvalue weighted by atomic mass is 16.5. The fourth-order valence-electron chi connectivity index (χ4n) is 4.31. The van der Waals surface area contributed by atoms with Crippen LogP contribution in [0.2, 0.25) is 0 Å². The summed E-state index contributed by atoms with van der Waals surface area (Å²) in [6, 6.07) is 5.39. The highest BCUT2D eigenvalue weighted by Gasteiger charge is 2.20. The normalized spacial score (nSPS) is 17.6. The molecule has 1 saturated carbocycles. The molecule has 0 amide bonds. The van der Waals surface area contributed by atoms with Crippen LogP contribution in [-0.2, 0) is 17.6 Å². The lowest BCUT2D eigenvalue weighted by Crippen LogP contribution is -2.13. The lowest BCUT2D eigenvalue weighted by molar-refractivity contribution is -0.134. The van der Waals surface area contributed by atoms with Gasteiger partial charge in [-0.3, -0.25) is 4.79 Å². The molecule has 0 unspecified atom stereocenters. The van der Waals surface area contributed by atoms with Crippen molar-refractivity contribution >= 4 is 16.9 Å². The van der Waals surface area contributed by atoms with E-state index in [1.807, 2.05) is 6.07 Å². The topological polar surface area (TPSA) is 56.5 Å². The van der Waals surface area contributed by atoms with Crippen LogP contribution in [0.5, 0.6) is 5.75 Å². The number of fused-ring (bicyclic) bond motifs is 3. The Morgan fingerprint density at radius 3 is 2.72 bits per heavy atom. The first-order chi connectivity index (χ1) is 12.2. The molecule has 132 valence electrons. The van der Waals surface area contributed by atoms with E-state index < -0.39 is 0 Å². The number of aryl methyl sites for hydroxylation is 1. The van der Waals surface area contributed by atoms with Crippen molar-refractivity contribution in [2.24, 2.45) is 5.92 Å². The molecular formula is C21H24O4. The van der Waals surface area contributed by atoms with Gasteiger partial charge in [0.2, 0.25) is 0 Å². The maximum absolute atomic E-state index is 12.1. The average Bonchev–Trinajstić information content (AvgIpc) is 3.11. The highest BCUT2D eigenvalue weighted by molar-refractivity contribution is 5.84. The minimum absolute atomic E-state index is 0.201. The molecule has 1 aromatic heterocycles. The lowest BCUT2D eigenvalue weighted by atomic mass is 9.86. The smallest absolute Gasteiger partial charge is 0.339 e. The number of rotatable bonds is 4. The van der Waals surface area contributed by atoms with Gasteiger partial charge < -0.3 is 9.15 Å². The van der Waals surface area contributed by atoms with Gasteiger partial charge in [0, 0.05) is 23.4 Å². The van der Waals surface area contributed by atoms with E-state index in [1.165, 1.54) is 32.1 Å². The van der Waals surface area contributed by atoms with Gasteiger partial charge in [-0.2, -0.15) is 0 Å². The minimum atomic E-state index is -0.249. The van der Waals surface area contributed by atoms with Crippen LogP contribution >= 0.6 is 0 Å². The van der Waals surface area contributed by atoms with Crippen LogP contribution in [0.1, 0.15) is 62.5 Å². The van der Waals surface area contributed by atoms with E-state index in [1.54, 1.807) is 12.1 Å². The van der Waals surface area contributed by atoms with E-state index in [4.69, 9.17) is 9.15 Å². The molecule has 0 N–H and O–H groups in total. The molecule has 25 heavy (non-hydrogen) atoms. The first-order valence-corrected chi connectivity index (χ1v) is 9.50. The summed E-state index contributed by atoms with van der Waals surface area (Å²) in [4.78, 5) is 24.2. The van der Waals surface area contributed by atoms with Gasteiger partial charge in [-0.25, -0.2) is 4.79 Å². The molecule has 1 fully saturated rings. The second-order valence-corrected chi connectivity index (χ2v) is 7.37. The van der Waals surface area contributed by atoms with Crippen molar-refractivity contribution in [1.82, 2.24) is 0 Å². The molecule has 0 saturated heterocycles. The molecule has 4 heteroatoms. The number of carbonyl (C=O) groups excluding carboxylic acids is 1. The highest BCUT2D eigenvalue weighted by Crippen LogP contribution is 2.30. The first-order valence-electron chi connectivity index (χ1n) is 9.50. The quantitative estimate of drug-likeness (QED) is 0.465. The van der Waals surface area contributed by atoms with Gasteiger partial charge in [0.25, 0.3) is 0 Å². The summed E-state index contributed by atoms with van der Waals surface area (Å²) in [7, 11) is 0. The summed E-state index contributed by atoms with van der Waals surface area (Å²) in [5.74, 6) is 0.925. The predicted octanol–water partition coefficient (Wildman–Crippen LogP) is 4.55. The van der Waals surface area contributed by atoms with E-state index in [2.05, 4.69) is 0 Å². The summed E-state index contributed by atoms with van der Waals surface area (Å²) in [6.45, 7) is 0. The monoisotopic (exact) mass is 340 g/mol. The number of ether oxygens (including phenoxy) is 1. The molecule has 4 nitrogen and oxygen atoms in total. The van der Waals surface area contributed by atoms with Crippen LogP contribution in [0, 0.1) is 5.92 Å². The van der Waals surface area contributed by atoms with E-state index in [9.17, 15) is 9.59 Å². The Kier molecular flexibility index (Phi) is 4.60. The number of carbonyl (C=O) groups is 1. The summed E-state index contributed by atoms with van der Waals surface area (Å²) in [6.07, 6.45) is 10.4. The SMILES string of the molecule is O=C(CCC1CCCCC1)Oc1ccc2c3c(c(=O)oc2c1)CCC3. The lowest BCUT2D eigenvalue weighted by Gasteiger charge is -2.20. The first kappa shape index (κ1) is 16.4. The Labute approximate surface area is 147 Å². The second kappa shape index (κ2) is 7.03. The zero-order chi connectivity index (χ0) is 17.2. The maximum Gasteiger partial charge on any atom is 0.339 e. The molecule has 4 rings (SSSR count). The van der Waals surface area contributed by atoms with Gasteiger partial charge in [0.05, 0.1) is 0 Å². The molecule has 0 bridgehead atoms. The van der Waals surface area contributed by atoms with Crippen molar-refractivity contribution in [3.8, 4) is 5.75 Å². The molecule has 0 spiro atoms. The van der Waals surface area contributed by atoms with Crippen LogP contribution < -0.4 is 10.4 Å². The summed E-state index contributed by atoms with van der Waals surface area (Å²) in [5, 5.41) is 0.967. The van der Waals surface area contributed by atoms with Gasteiger partial charge in [0.1, 0.15) is 11.3 Å². The molecule has 2 aromatic rings. The fourth-order valence-corrected chi connectivity index (χ4v) is 4.31. The Hall–Kier alpha value is -2.10. The zero-order valence-corrected chi connectivity index (χ0v) is 14.5. The van der Waals surface area contributed by atoms with Crippen LogP contribution in [0.15, 0.2) is 27.4 Å². The van der Waals surface area contributed by atoms with E-state index >= 15 is 0 Å². The third-order valence-corrected chi connectivity index (χ3v) is 5.66. The largest absolute Gasteiger partial charge is 0.426 e. The van der Waals surface area contributed by atoms with Crippen molar-refractivity contribution in [2.45, 2.75) is 64.2 Å². The Balaban J connectivity index is 1.45. The molecule has 0 aliphatic heterocycles. The van der Waals surface area contributed by atoms with E-state index in [-0.39, 0.29) is 11.6 Å². The van der Waals surface area contributed by atoms with Gasteiger partial charge in [-0.15, -0.1) is 0 Å². The third-order valence-electron chi connectivity index (χ3n) is 5.66. The summed E-state index contributed by atoms with van der Waals surface area (Å²) >= 11 is 0. The van der Waals surface area contributed by atoms with Crippen molar-refractivity contribution in [3.05, 3.63) is 39.7 Å². The predicted molar refractivity (Wildman–Crippen MR) is 96.0 cm³/mol. The third kappa shape index (κ3) is 3.48. The number of esters is 1. The summed E-state index contributed by atoms with van der Waals surface area (Å²) < 4.78 is 10.9. The van der Waals surface area contributed by atoms with Crippen LogP contribution in [0.25, 0.3) is 11.0 Å². The van der Waals surface area contributed by atoms with Crippen molar-refractivity contribution in [1.29, 1.82) is 0 Å². The zero-order valence-electron chi connectivity index (χ0n) is 14.5. The average molecular weight is 340 g/mol. The minimum Gasteiger partial charge on any atom is -0.426 e. The molecular weight excluding hydrogens is 316 g/mol. The van der Waals surface area contributed by atoms with Gasteiger partial charge in [-0.1, -0.05) is 32.1 Å². The Morgan fingerprint density at radius 1 is 1.08 bits per heavy atom. The molecule has 0 atom stereocenters. The fraction of sp³-hybridized carbons (Fsp3) is 0.524. The standard InChI is InChI=1S/C21H24O4/c22-20(12-9-14-5-2-1-3-6-14)24-15-10-11-17-16-7-4-8-18(16)21(23)25-19(17)13-15/h10-11,13-14H,1-9,12H2. The van der Waals surface area contributed by atoms with Crippen molar-refractivity contribution in [2.75, 3.05) is 0 Å². The van der Waals surface area contributed by atoms with Crippen LogP contribution in [0.3, 0.4) is 0 Å². The maximum atomic E-state index is 12.1. The molecule has 2 aliphatic rings. The molecule has 2 aliphatic carbocycles. The number of hydrogen-bond donors (Lipinski definition) is 0. The molecule has 1 aromatic carbocycles. The number of benzene rings is 1. The van der Waals surface area contributed by atoms with E-state index in [0.717, 1.165) is 42.2 Å². The second-order valence-electron chi connectivity index (χ2n) is 7.37. The van der Waals surface area contributed by atoms with Gasteiger partial charge in [-0.05, 0) is 49.3 Å². The number of hydrogen-bond acceptors (Lipinski definition) is 4. The van der Waals surface area contributed by atoms with E-state index in [0.29, 0.717) is 23.7 Å². The van der Waals surface area contributed by atoms with Crippen molar-refractivity contribution < 1.29 is 13.9 Å². The Bertz CT molecular complexity index is 843. The van der Waals surface area contributed by atoms with Gasteiger partial charge in [0.15, 0.2) is 0 Å². The summed E-state index contributed by atoms with van der Waals surface area (Å²) in [5.41, 5.74) is 2.18. The van der Waals surface area contributed by atoms with Crippen LogP contribution in [-0.4, -0.2) is 5.97 Å². The van der Waals surface area contributed by atoms with Crippen molar-refractivity contribution in [3.63, 3.8) is 0 Å².